The molecule has 0 aromatic rings. The molecule has 0 radical (unpaired) electrons. The first kappa shape index (κ1) is 34.8. The Kier molecular flexibility index (Phi) is 12.5. The van der Waals surface area contributed by atoms with E-state index in [9.17, 15) is 28.8 Å². The van der Waals surface area contributed by atoms with Crippen molar-refractivity contribution in [1.29, 1.82) is 0 Å². The Morgan fingerprint density at radius 2 is 1.62 bits per heavy atom. The maximum atomic E-state index is 14.0. The fraction of sp³-hybridized carbons (Fsp3) is 0.733. The molecule has 0 saturated carbocycles. The minimum Gasteiger partial charge on any atom is -0.452 e. The standard InChI is InChI=1S/C30H49N5O7/c1-10-12-21-28(39)35-16-14-19(6)25(35)27(38)32-23(18(5)11-2)29(40)34(9)24(17(3)4)30(41)33(8)20(7)26(37)31-15-13-22(36)42-21/h10,17-21,23-25H,1,11-16H2,2-9H3,(H,31,37)(H,32,38)/t18-,19-,20-,21?,23-,24-,25-/m0/s1. The highest BCUT2D eigenvalue weighted by molar-refractivity contribution is 5.96. The van der Waals surface area contributed by atoms with Crippen LogP contribution in [0.4, 0.5) is 0 Å². The number of cyclic esters (lactones) is 1. The molecule has 2 N–H and O–H groups in total. The van der Waals surface area contributed by atoms with Gasteiger partial charge in [-0.2, -0.15) is 0 Å². The van der Waals surface area contributed by atoms with Crippen molar-refractivity contribution in [3.8, 4) is 0 Å². The molecular formula is C30H49N5O7. The van der Waals surface area contributed by atoms with Crippen molar-refractivity contribution in [2.45, 2.75) is 97.5 Å². The lowest BCUT2D eigenvalue weighted by molar-refractivity contribution is -0.161. The van der Waals surface area contributed by atoms with E-state index in [1.807, 2.05) is 34.6 Å². The Balaban J connectivity index is 2.57. The topological polar surface area (TPSA) is 145 Å². The molecule has 1 unspecified atom stereocenters. The van der Waals surface area contributed by atoms with E-state index in [2.05, 4.69) is 17.2 Å². The van der Waals surface area contributed by atoms with Crippen molar-refractivity contribution in [2.75, 3.05) is 27.2 Å². The fourth-order valence-corrected chi connectivity index (χ4v) is 5.53. The number of carbonyl (C=O) groups excluding carboxylic acids is 6. The first-order valence-corrected chi connectivity index (χ1v) is 14.9. The molecule has 5 amide bonds. The van der Waals surface area contributed by atoms with Gasteiger partial charge in [0.1, 0.15) is 24.2 Å². The summed E-state index contributed by atoms with van der Waals surface area (Å²) in [6.45, 7) is 14.7. The minimum atomic E-state index is -1.18. The molecule has 2 rings (SSSR count). The van der Waals surface area contributed by atoms with Gasteiger partial charge >= 0.3 is 5.97 Å². The molecule has 2 aliphatic rings. The molecule has 0 aromatic heterocycles. The Hall–Kier alpha value is -3.44. The van der Waals surface area contributed by atoms with Crippen molar-refractivity contribution in [1.82, 2.24) is 25.3 Å². The summed E-state index contributed by atoms with van der Waals surface area (Å²) in [5.41, 5.74) is 0. The quantitative estimate of drug-likeness (QED) is 0.360. The first-order valence-electron chi connectivity index (χ1n) is 14.9. The number of nitrogens with zero attached hydrogens (tertiary/aromatic N) is 3. The molecule has 2 aliphatic heterocycles. The van der Waals surface area contributed by atoms with Crippen LogP contribution in [0.3, 0.4) is 0 Å². The van der Waals surface area contributed by atoms with Crippen LogP contribution in [-0.2, 0) is 33.5 Å². The van der Waals surface area contributed by atoms with Crippen LogP contribution in [0.1, 0.15) is 67.2 Å². The van der Waals surface area contributed by atoms with Gasteiger partial charge in [-0.25, -0.2) is 0 Å². The SMILES string of the molecule is C=CCC1OC(=O)CCNC(=O)[C@H](C)N(C)C(=O)[C@H](C(C)C)N(C)C(=O)[C@H]([C@@H](C)CC)NC(=O)[C@@H]2[C@@H](C)CCN2C1=O. The van der Waals surface area contributed by atoms with Gasteiger partial charge < -0.3 is 30.1 Å². The molecule has 12 heteroatoms. The molecule has 42 heavy (non-hydrogen) atoms. The highest BCUT2D eigenvalue weighted by atomic mass is 16.5. The summed E-state index contributed by atoms with van der Waals surface area (Å²) in [7, 11) is 3.02. The second-order valence-corrected chi connectivity index (χ2v) is 11.9. The molecular weight excluding hydrogens is 542 g/mol. The molecule has 2 heterocycles. The highest BCUT2D eigenvalue weighted by Gasteiger charge is 2.45. The van der Waals surface area contributed by atoms with Gasteiger partial charge in [-0.3, -0.25) is 28.8 Å². The predicted octanol–water partition coefficient (Wildman–Crippen LogP) is 1.09. The maximum Gasteiger partial charge on any atom is 0.308 e. The number of likely N-dealkylation sites (N-methyl/N-ethyl adjacent to an activating group) is 2. The van der Waals surface area contributed by atoms with E-state index in [0.717, 1.165) is 0 Å². The zero-order chi connectivity index (χ0) is 31.9. The summed E-state index contributed by atoms with van der Waals surface area (Å²) in [5.74, 6) is -3.81. The fourth-order valence-electron chi connectivity index (χ4n) is 5.53. The second kappa shape index (κ2) is 15.2. The zero-order valence-corrected chi connectivity index (χ0v) is 26.3. The number of hydrogen-bond acceptors (Lipinski definition) is 7. The lowest BCUT2D eigenvalue weighted by Gasteiger charge is -2.38. The van der Waals surface area contributed by atoms with E-state index in [-0.39, 0.29) is 43.7 Å². The molecule has 0 aromatic carbocycles. The van der Waals surface area contributed by atoms with Gasteiger partial charge in [-0.15, -0.1) is 6.58 Å². The Labute approximate surface area is 249 Å². The van der Waals surface area contributed by atoms with Crippen LogP contribution in [0.2, 0.25) is 0 Å². The molecule has 2 saturated heterocycles. The summed E-state index contributed by atoms with van der Waals surface area (Å²) in [5, 5.41) is 5.54. The summed E-state index contributed by atoms with van der Waals surface area (Å²) in [6.07, 6.45) is 1.27. The molecule has 0 spiro atoms. The first-order chi connectivity index (χ1) is 19.7. The molecule has 2 fully saturated rings. The van der Waals surface area contributed by atoms with Gasteiger partial charge in [0.2, 0.25) is 23.6 Å². The average molecular weight is 592 g/mol. The molecule has 236 valence electrons. The lowest BCUT2D eigenvalue weighted by atomic mass is 9.94. The van der Waals surface area contributed by atoms with Crippen molar-refractivity contribution in [2.24, 2.45) is 17.8 Å². The Morgan fingerprint density at radius 1 is 0.976 bits per heavy atom. The monoisotopic (exact) mass is 591 g/mol. The van der Waals surface area contributed by atoms with Crippen LogP contribution in [-0.4, -0.2) is 108 Å². The minimum absolute atomic E-state index is 0.0510. The van der Waals surface area contributed by atoms with Crippen molar-refractivity contribution < 1.29 is 33.5 Å². The number of nitrogens with one attached hydrogen (secondary N) is 2. The number of amides is 5. The van der Waals surface area contributed by atoms with E-state index in [1.165, 1.54) is 34.9 Å². The molecule has 12 nitrogen and oxygen atoms in total. The number of carbonyl (C=O) groups is 6. The Morgan fingerprint density at radius 3 is 2.19 bits per heavy atom. The van der Waals surface area contributed by atoms with E-state index in [0.29, 0.717) is 12.8 Å². The lowest BCUT2D eigenvalue weighted by Crippen LogP contribution is -2.61. The predicted molar refractivity (Wildman–Crippen MR) is 157 cm³/mol. The number of ether oxygens (including phenoxy) is 1. The van der Waals surface area contributed by atoms with E-state index >= 15 is 0 Å². The van der Waals surface area contributed by atoms with Crippen molar-refractivity contribution in [3.05, 3.63) is 12.7 Å². The van der Waals surface area contributed by atoms with Crippen LogP contribution < -0.4 is 10.6 Å². The van der Waals surface area contributed by atoms with Crippen molar-refractivity contribution >= 4 is 35.5 Å². The van der Waals surface area contributed by atoms with Gasteiger partial charge in [0.15, 0.2) is 6.10 Å². The van der Waals surface area contributed by atoms with Crippen molar-refractivity contribution in [3.63, 3.8) is 0 Å². The summed E-state index contributed by atoms with van der Waals surface area (Å²) < 4.78 is 5.49. The third-order valence-electron chi connectivity index (χ3n) is 8.54. The van der Waals surface area contributed by atoms with Crippen LogP contribution in [0.5, 0.6) is 0 Å². The number of fused-ring (bicyclic) bond motifs is 1. The van der Waals surface area contributed by atoms with E-state index in [1.54, 1.807) is 6.92 Å². The van der Waals surface area contributed by atoms with Gasteiger partial charge in [0.05, 0.1) is 6.42 Å². The third-order valence-corrected chi connectivity index (χ3v) is 8.54. The number of hydrogen-bond donors (Lipinski definition) is 2. The smallest absolute Gasteiger partial charge is 0.308 e. The summed E-state index contributed by atoms with van der Waals surface area (Å²) >= 11 is 0. The zero-order valence-electron chi connectivity index (χ0n) is 26.3. The van der Waals surface area contributed by atoms with Crippen LogP contribution in [0, 0.1) is 17.8 Å². The number of esters is 1. The van der Waals surface area contributed by atoms with E-state index < -0.39 is 65.8 Å². The largest absolute Gasteiger partial charge is 0.452 e. The van der Waals surface area contributed by atoms with Crippen LogP contribution in [0.15, 0.2) is 12.7 Å². The molecule has 7 atom stereocenters. The van der Waals surface area contributed by atoms with Gasteiger partial charge in [0, 0.05) is 33.6 Å². The molecule has 0 aliphatic carbocycles. The third kappa shape index (κ3) is 7.89. The summed E-state index contributed by atoms with van der Waals surface area (Å²) in [4.78, 5) is 84.6. The van der Waals surface area contributed by atoms with Crippen LogP contribution in [0.25, 0.3) is 0 Å². The number of rotatable bonds is 5. The van der Waals surface area contributed by atoms with E-state index in [4.69, 9.17) is 4.74 Å². The van der Waals surface area contributed by atoms with Gasteiger partial charge in [-0.05, 0) is 31.1 Å². The highest BCUT2D eigenvalue weighted by Crippen LogP contribution is 2.27. The van der Waals surface area contributed by atoms with Crippen LogP contribution >= 0.6 is 0 Å². The summed E-state index contributed by atoms with van der Waals surface area (Å²) in [6, 6.07) is -3.62. The van der Waals surface area contributed by atoms with Gasteiger partial charge in [-0.1, -0.05) is 47.1 Å². The second-order valence-electron chi connectivity index (χ2n) is 11.9. The van der Waals surface area contributed by atoms with Gasteiger partial charge in [0.25, 0.3) is 5.91 Å². The normalized spacial score (nSPS) is 30.2. The Bertz CT molecular complexity index is 1050. The molecule has 0 bridgehead atoms. The maximum absolute atomic E-state index is 14.0. The average Bonchev–Trinajstić information content (AvgIpc) is 3.33.